The summed E-state index contributed by atoms with van der Waals surface area (Å²) < 4.78 is 1.78. The molecule has 1 aromatic heterocycles. The topological polar surface area (TPSA) is 47.1 Å². The third-order valence-electron chi connectivity index (χ3n) is 4.33. The first-order valence-electron chi connectivity index (χ1n) is 6.97. The summed E-state index contributed by atoms with van der Waals surface area (Å²) in [6, 6.07) is 0.702. The summed E-state index contributed by atoms with van der Waals surface area (Å²) in [6.45, 7) is 5.33. The Morgan fingerprint density at radius 1 is 1.44 bits per heavy atom. The highest BCUT2D eigenvalue weighted by molar-refractivity contribution is 5.42. The third-order valence-corrected chi connectivity index (χ3v) is 4.33. The lowest BCUT2D eigenvalue weighted by Crippen LogP contribution is -2.35. The van der Waals surface area contributed by atoms with Crippen LogP contribution in [0.2, 0.25) is 0 Å². The largest absolute Gasteiger partial charge is 0.384 e. The van der Waals surface area contributed by atoms with Gasteiger partial charge in [0.05, 0.1) is 5.69 Å². The summed E-state index contributed by atoms with van der Waals surface area (Å²) in [6.07, 6.45) is 5.38. The lowest BCUT2D eigenvalue weighted by molar-refractivity contribution is 0.157. The van der Waals surface area contributed by atoms with Crippen molar-refractivity contribution in [1.29, 1.82) is 0 Å². The minimum Gasteiger partial charge on any atom is -0.384 e. The SMILES string of the molecule is Cc1nn(C)c(N)c1CN(C)C1CCCC(C)C1. The van der Waals surface area contributed by atoms with Crippen LogP contribution in [0.25, 0.3) is 0 Å². The van der Waals surface area contributed by atoms with Crippen LogP contribution in [0.4, 0.5) is 5.82 Å². The van der Waals surface area contributed by atoms with Crippen LogP contribution >= 0.6 is 0 Å². The fourth-order valence-electron chi connectivity index (χ4n) is 3.10. The van der Waals surface area contributed by atoms with Crippen molar-refractivity contribution < 1.29 is 0 Å². The molecular formula is C14H26N4. The van der Waals surface area contributed by atoms with Crippen molar-refractivity contribution in [2.24, 2.45) is 13.0 Å². The molecule has 0 aromatic carbocycles. The molecule has 102 valence electrons. The minimum atomic E-state index is 0.702. The van der Waals surface area contributed by atoms with Gasteiger partial charge in [-0.05, 0) is 32.7 Å². The van der Waals surface area contributed by atoms with Crippen molar-refractivity contribution in [3.05, 3.63) is 11.3 Å². The van der Waals surface area contributed by atoms with Gasteiger partial charge in [-0.25, -0.2) is 0 Å². The zero-order valence-corrected chi connectivity index (χ0v) is 12.1. The average Bonchev–Trinajstić information content (AvgIpc) is 2.56. The number of hydrogen-bond acceptors (Lipinski definition) is 3. The Hall–Kier alpha value is -1.03. The number of nitrogens with zero attached hydrogens (tertiary/aromatic N) is 3. The van der Waals surface area contributed by atoms with Gasteiger partial charge in [0.15, 0.2) is 0 Å². The Morgan fingerprint density at radius 2 is 2.17 bits per heavy atom. The molecule has 1 heterocycles. The fraction of sp³-hybridized carbons (Fsp3) is 0.786. The first-order chi connectivity index (χ1) is 8.49. The summed E-state index contributed by atoms with van der Waals surface area (Å²) in [4.78, 5) is 2.45. The molecule has 2 N–H and O–H groups in total. The van der Waals surface area contributed by atoms with Crippen LogP contribution in [0.15, 0.2) is 0 Å². The molecule has 1 fully saturated rings. The van der Waals surface area contributed by atoms with E-state index in [1.165, 1.54) is 31.2 Å². The predicted octanol–water partition coefficient (Wildman–Crippen LogP) is 2.32. The summed E-state index contributed by atoms with van der Waals surface area (Å²) in [7, 11) is 4.13. The van der Waals surface area contributed by atoms with Gasteiger partial charge in [0.2, 0.25) is 0 Å². The van der Waals surface area contributed by atoms with Gasteiger partial charge in [-0.3, -0.25) is 9.58 Å². The van der Waals surface area contributed by atoms with Gasteiger partial charge in [-0.2, -0.15) is 5.10 Å². The Morgan fingerprint density at radius 3 is 2.72 bits per heavy atom. The van der Waals surface area contributed by atoms with Crippen molar-refractivity contribution in [2.45, 2.75) is 52.1 Å². The number of rotatable bonds is 3. The van der Waals surface area contributed by atoms with Crippen molar-refractivity contribution in [3.8, 4) is 0 Å². The van der Waals surface area contributed by atoms with Crippen LogP contribution in [-0.2, 0) is 13.6 Å². The minimum absolute atomic E-state index is 0.702. The highest BCUT2D eigenvalue weighted by Gasteiger charge is 2.23. The van der Waals surface area contributed by atoms with Crippen molar-refractivity contribution >= 4 is 5.82 Å². The smallest absolute Gasteiger partial charge is 0.126 e. The molecule has 0 aliphatic heterocycles. The number of anilines is 1. The van der Waals surface area contributed by atoms with E-state index in [-0.39, 0.29) is 0 Å². The molecule has 4 nitrogen and oxygen atoms in total. The van der Waals surface area contributed by atoms with Gasteiger partial charge in [-0.15, -0.1) is 0 Å². The van der Waals surface area contributed by atoms with Crippen LogP contribution in [0, 0.1) is 12.8 Å². The molecule has 2 unspecified atom stereocenters. The van der Waals surface area contributed by atoms with Gasteiger partial charge in [-0.1, -0.05) is 19.8 Å². The molecule has 1 aromatic rings. The van der Waals surface area contributed by atoms with Crippen molar-refractivity contribution in [1.82, 2.24) is 14.7 Å². The van der Waals surface area contributed by atoms with Gasteiger partial charge >= 0.3 is 0 Å². The van der Waals surface area contributed by atoms with Gasteiger partial charge in [0.25, 0.3) is 0 Å². The maximum absolute atomic E-state index is 6.08. The number of aryl methyl sites for hydroxylation is 2. The van der Waals surface area contributed by atoms with Gasteiger partial charge in [0, 0.05) is 25.2 Å². The average molecular weight is 250 g/mol. The second kappa shape index (κ2) is 5.31. The molecule has 0 radical (unpaired) electrons. The Balaban J connectivity index is 2.04. The first kappa shape index (κ1) is 13.4. The third kappa shape index (κ3) is 2.69. The molecule has 2 atom stereocenters. The molecule has 2 rings (SSSR count). The van der Waals surface area contributed by atoms with Crippen LogP contribution in [0.3, 0.4) is 0 Å². The molecule has 0 amide bonds. The lowest BCUT2D eigenvalue weighted by Gasteiger charge is -2.34. The van der Waals surface area contributed by atoms with E-state index in [1.807, 2.05) is 14.0 Å². The molecule has 1 aliphatic rings. The molecule has 0 saturated heterocycles. The zero-order valence-electron chi connectivity index (χ0n) is 12.1. The van der Waals surface area contributed by atoms with Crippen LogP contribution in [0.5, 0.6) is 0 Å². The number of nitrogen functional groups attached to an aromatic ring is 1. The van der Waals surface area contributed by atoms with Crippen molar-refractivity contribution in [2.75, 3.05) is 12.8 Å². The predicted molar refractivity (Wildman–Crippen MR) is 75.2 cm³/mol. The van der Waals surface area contributed by atoms with Crippen LogP contribution in [0.1, 0.15) is 43.9 Å². The number of hydrogen-bond donors (Lipinski definition) is 1. The fourth-order valence-corrected chi connectivity index (χ4v) is 3.10. The standard InChI is InChI=1S/C14H26N4/c1-10-6-5-7-12(8-10)17(3)9-13-11(2)16-18(4)14(13)15/h10,12H,5-9,15H2,1-4H3. The normalized spacial score (nSPS) is 24.7. The van der Waals surface area contributed by atoms with E-state index in [2.05, 4.69) is 24.0 Å². The molecule has 4 heteroatoms. The molecule has 0 bridgehead atoms. The van der Waals surface area contributed by atoms with E-state index in [9.17, 15) is 0 Å². The van der Waals surface area contributed by atoms with Gasteiger partial charge in [0.1, 0.15) is 5.82 Å². The van der Waals surface area contributed by atoms with Gasteiger partial charge < -0.3 is 5.73 Å². The quantitative estimate of drug-likeness (QED) is 0.895. The summed E-state index contributed by atoms with van der Waals surface area (Å²) in [5.74, 6) is 1.67. The van der Waals surface area contributed by atoms with Crippen molar-refractivity contribution in [3.63, 3.8) is 0 Å². The molecule has 1 saturated carbocycles. The van der Waals surface area contributed by atoms with E-state index >= 15 is 0 Å². The highest BCUT2D eigenvalue weighted by atomic mass is 15.3. The van der Waals surface area contributed by atoms with E-state index in [0.29, 0.717) is 6.04 Å². The second-order valence-electron chi connectivity index (χ2n) is 5.91. The monoisotopic (exact) mass is 250 g/mol. The van der Waals surface area contributed by atoms with E-state index in [0.717, 1.165) is 24.0 Å². The zero-order chi connectivity index (χ0) is 13.3. The van der Waals surface area contributed by atoms with Crippen LogP contribution in [-0.4, -0.2) is 27.8 Å². The van der Waals surface area contributed by atoms with Crippen LogP contribution < -0.4 is 5.73 Å². The molecule has 18 heavy (non-hydrogen) atoms. The molecular weight excluding hydrogens is 224 g/mol. The maximum atomic E-state index is 6.08. The summed E-state index contributed by atoms with van der Waals surface area (Å²) in [5.41, 5.74) is 8.34. The summed E-state index contributed by atoms with van der Waals surface area (Å²) in [5, 5.41) is 4.39. The number of aromatic nitrogens is 2. The van der Waals surface area contributed by atoms with E-state index in [4.69, 9.17) is 5.73 Å². The highest BCUT2D eigenvalue weighted by Crippen LogP contribution is 2.28. The van der Waals surface area contributed by atoms with E-state index in [1.54, 1.807) is 4.68 Å². The Bertz CT molecular complexity index is 410. The summed E-state index contributed by atoms with van der Waals surface area (Å²) >= 11 is 0. The number of nitrogens with two attached hydrogens (primary N) is 1. The molecule has 0 spiro atoms. The first-order valence-corrected chi connectivity index (χ1v) is 6.97. The van der Waals surface area contributed by atoms with E-state index < -0.39 is 0 Å². The molecule has 1 aliphatic carbocycles. The maximum Gasteiger partial charge on any atom is 0.126 e. The Kier molecular flexibility index (Phi) is 3.95. The second-order valence-corrected chi connectivity index (χ2v) is 5.91. The Labute approximate surface area is 110 Å². The lowest BCUT2D eigenvalue weighted by atomic mass is 9.86.